The zero-order chi connectivity index (χ0) is 20.2. The van der Waals surface area contributed by atoms with Gasteiger partial charge in [-0.3, -0.25) is 9.59 Å². The first-order valence-corrected chi connectivity index (χ1v) is 8.10. The fourth-order valence-electron chi connectivity index (χ4n) is 2.51. The third kappa shape index (κ3) is 5.31. The molecule has 0 aliphatic heterocycles. The van der Waals surface area contributed by atoms with E-state index in [0.717, 1.165) is 16.8 Å². The van der Waals surface area contributed by atoms with Crippen LogP contribution < -0.4 is 4.90 Å². The molecule has 2 rings (SSSR count). The molecule has 27 heavy (non-hydrogen) atoms. The minimum atomic E-state index is -4.55. The molecule has 0 aliphatic rings. The number of anilines is 1. The van der Waals surface area contributed by atoms with E-state index in [0.29, 0.717) is 29.7 Å². The van der Waals surface area contributed by atoms with Crippen LogP contribution in [-0.4, -0.2) is 59.0 Å². The van der Waals surface area contributed by atoms with Crippen molar-refractivity contribution in [1.82, 2.24) is 19.8 Å². The maximum atomic E-state index is 12.8. The number of aryl methyl sites for hydroxylation is 2. The summed E-state index contributed by atoms with van der Waals surface area (Å²) in [5, 5.41) is 7.39. The van der Waals surface area contributed by atoms with E-state index >= 15 is 0 Å². The van der Waals surface area contributed by atoms with E-state index in [1.807, 2.05) is 0 Å². The Morgan fingerprint density at radius 1 is 1.37 bits per heavy atom. The van der Waals surface area contributed by atoms with Gasteiger partial charge in [-0.25, -0.2) is 4.68 Å². The van der Waals surface area contributed by atoms with Crippen LogP contribution in [0.2, 0.25) is 0 Å². The van der Waals surface area contributed by atoms with E-state index in [1.54, 1.807) is 13.0 Å². The first kappa shape index (κ1) is 20.5. The second-order valence-electron chi connectivity index (χ2n) is 6.13. The van der Waals surface area contributed by atoms with Crippen molar-refractivity contribution in [2.45, 2.75) is 32.5 Å². The molecule has 2 amide bonds. The fourth-order valence-corrected chi connectivity index (χ4v) is 2.51. The van der Waals surface area contributed by atoms with E-state index in [4.69, 9.17) is 4.52 Å². The van der Waals surface area contributed by atoms with Crippen LogP contribution in [0.5, 0.6) is 0 Å². The molecule has 2 aromatic rings. The van der Waals surface area contributed by atoms with Crippen LogP contribution in [0.1, 0.15) is 28.4 Å². The molecule has 2 heterocycles. The van der Waals surface area contributed by atoms with Gasteiger partial charge in [0, 0.05) is 33.1 Å². The summed E-state index contributed by atoms with van der Waals surface area (Å²) in [5.41, 5.74) is 0.462. The van der Waals surface area contributed by atoms with Gasteiger partial charge in [-0.1, -0.05) is 5.16 Å². The van der Waals surface area contributed by atoms with Gasteiger partial charge in [0.2, 0.25) is 6.41 Å². The van der Waals surface area contributed by atoms with Crippen LogP contribution in [-0.2, 0) is 17.8 Å². The van der Waals surface area contributed by atoms with Crippen molar-refractivity contribution >= 4 is 18.0 Å². The molecule has 11 heteroatoms. The molecule has 0 bridgehead atoms. The van der Waals surface area contributed by atoms with Crippen LogP contribution in [0, 0.1) is 6.92 Å². The highest BCUT2D eigenvalue weighted by molar-refractivity contribution is 5.99. The summed E-state index contributed by atoms with van der Waals surface area (Å²) in [6.45, 7) is 0.640. The third-order valence-corrected chi connectivity index (χ3v) is 3.83. The van der Waals surface area contributed by atoms with E-state index < -0.39 is 18.6 Å². The van der Waals surface area contributed by atoms with E-state index in [1.165, 1.54) is 19.0 Å². The first-order valence-electron chi connectivity index (χ1n) is 8.10. The molecule has 0 N–H and O–H groups in total. The summed E-state index contributed by atoms with van der Waals surface area (Å²) >= 11 is 0. The van der Waals surface area contributed by atoms with Crippen molar-refractivity contribution in [3.05, 3.63) is 29.4 Å². The van der Waals surface area contributed by atoms with Gasteiger partial charge in [0.1, 0.15) is 12.3 Å². The predicted molar refractivity (Wildman–Crippen MR) is 89.3 cm³/mol. The maximum Gasteiger partial charge on any atom is 0.408 e. The lowest BCUT2D eigenvalue weighted by Crippen LogP contribution is -2.33. The third-order valence-electron chi connectivity index (χ3n) is 3.83. The summed E-state index contributed by atoms with van der Waals surface area (Å²) < 4.78 is 44.0. The molecule has 0 aliphatic carbocycles. The molecule has 148 valence electrons. The van der Waals surface area contributed by atoms with E-state index in [9.17, 15) is 22.8 Å². The van der Waals surface area contributed by atoms with Gasteiger partial charge in [-0.15, -0.1) is 0 Å². The molecule has 2 aromatic heterocycles. The average Bonchev–Trinajstić information content (AvgIpc) is 3.18. The molecule has 0 saturated heterocycles. The Kier molecular flexibility index (Phi) is 6.24. The summed E-state index contributed by atoms with van der Waals surface area (Å²) in [6.07, 6.45) is -2.03. The lowest BCUT2D eigenvalue weighted by molar-refractivity contribution is -0.142. The van der Waals surface area contributed by atoms with Crippen LogP contribution in [0.4, 0.5) is 18.9 Å². The standard InChI is InChI=1S/C16H20F3N5O3/c1-11-7-12(27-21-11)5-4-6-22(2)15(26)14-13(23(3)10-25)8-20-24(14)9-16(17,18)19/h7-8,10H,4-6,9H2,1-3H3. The Balaban J connectivity index is 2.14. The van der Waals surface area contributed by atoms with E-state index in [2.05, 4.69) is 10.3 Å². The van der Waals surface area contributed by atoms with Crippen LogP contribution in [0.15, 0.2) is 16.8 Å². The topological polar surface area (TPSA) is 84.5 Å². The number of rotatable bonds is 8. The minimum absolute atomic E-state index is 0.0111. The Hall–Kier alpha value is -2.85. The van der Waals surface area contributed by atoms with Crippen LogP contribution >= 0.6 is 0 Å². The quantitative estimate of drug-likeness (QED) is 0.647. The van der Waals surface area contributed by atoms with Gasteiger partial charge in [-0.2, -0.15) is 18.3 Å². The number of carbonyl (C=O) groups is 2. The molecule has 0 saturated carbocycles. The monoisotopic (exact) mass is 387 g/mol. The lowest BCUT2D eigenvalue weighted by atomic mass is 10.2. The van der Waals surface area contributed by atoms with Crippen LogP contribution in [0.25, 0.3) is 0 Å². The molecule has 0 aromatic carbocycles. The molecule has 0 spiro atoms. The minimum Gasteiger partial charge on any atom is -0.361 e. The number of nitrogens with zero attached hydrogens (tertiary/aromatic N) is 5. The SMILES string of the molecule is Cc1cc(CCCN(C)C(=O)c2c(N(C)C=O)cnn2CC(F)(F)F)on1. The number of alkyl halides is 3. The Morgan fingerprint density at radius 2 is 2.07 bits per heavy atom. The highest BCUT2D eigenvalue weighted by atomic mass is 19.4. The smallest absolute Gasteiger partial charge is 0.361 e. The lowest BCUT2D eigenvalue weighted by Gasteiger charge is -2.20. The van der Waals surface area contributed by atoms with E-state index in [-0.39, 0.29) is 17.9 Å². The zero-order valence-corrected chi connectivity index (χ0v) is 15.2. The molecule has 0 fully saturated rings. The van der Waals surface area contributed by atoms with Crippen molar-refractivity contribution in [2.24, 2.45) is 0 Å². The van der Waals surface area contributed by atoms with Crippen molar-refractivity contribution in [3.8, 4) is 0 Å². The van der Waals surface area contributed by atoms with Gasteiger partial charge < -0.3 is 14.3 Å². The molecule has 0 unspecified atom stereocenters. The summed E-state index contributed by atoms with van der Waals surface area (Å²) in [7, 11) is 2.81. The molecular weight excluding hydrogens is 367 g/mol. The molecule has 0 radical (unpaired) electrons. The Morgan fingerprint density at radius 3 is 2.63 bits per heavy atom. The summed E-state index contributed by atoms with van der Waals surface area (Å²) in [6, 6.07) is 1.78. The second-order valence-corrected chi connectivity index (χ2v) is 6.13. The maximum absolute atomic E-state index is 12.8. The number of carbonyl (C=O) groups excluding carboxylic acids is 2. The molecule has 8 nitrogen and oxygen atoms in total. The van der Waals surface area contributed by atoms with Crippen molar-refractivity contribution in [1.29, 1.82) is 0 Å². The van der Waals surface area contributed by atoms with Gasteiger partial charge in [0.15, 0.2) is 5.69 Å². The van der Waals surface area contributed by atoms with Gasteiger partial charge in [0.05, 0.1) is 17.6 Å². The predicted octanol–water partition coefficient (Wildman–Crippen LogP) is 2.04. The number of aromatic nitrogens is 3. The Labute approximate surface area is 153 Å². The largest absolute Gasteiger partial charge is 0.408 e. The highest BCUT2D eigenvalue weighted by Gasteiger charge is 2.33. The number of hydrogen-bond donors (Lipinski definition) is 0. The van der Waals surface area contributed by atoms with Crippen molar-refractivity contribution in [3.63, 3.8) is 0 Å². The van der Waals surface area contributed by atoms with Gasteiger partial charge in [0.25, 0.3) is 5.91 Å². The Bertz CT molecular complexity index is 800. The number of hydrogen-bond acceptors (Lipinski definition) is 5. The van der Waals surface area contributed by atoms with Gasteiger partial charge >= 0.3 is 6.18 Å². The van der Waals surface area contributed by atoms with Crippen molar-refractivity contribution < 1.29 is 27.3 Å². The normalized spacial score (nSPS) is 11.5. The fraction of sp³-hybridized carbons (Fsp3) is 0.500. The molecular formula is C16H20F3N5O3. The molecule has 0 atom stereocenters. The number of halogens is 3. The zero-order valence-electron chi connectivity index (χ0n) is 15.2. The van der Waals surface area contributed by atoms with Gasteiger partial charge in [-0.05, 0) is 13.3 Å². The summed E-state index contributed by atoms with van der Waals surface area (Å²) in [5.74, 6) is 0.00559. The van der Waals surface area contributed by atoms with Crippen LogP contribution in [0.3, 0.4) is 0 Å². The average molecular weight is 387 g/mol. The number of amides is 2. The summed E-state index contributed by atoms with van der Waals surface area (Å²) in [4.78, 5) is 26.0. The highest BCUT2D eigenvalue weighted by Crippen LogP contribution is 2.24. The van der Waals surface area contributed by atoms with Crippen molar-refractivity contribution in [2.75, 3.05) is 25.5 Å². The second kappa shape index (κ2) is 8.23. The first-order chi connectivity index (χ1) is 12.6.